The zero-order valence-corrected chi connectivity index (χ0v) is 15.5. The topological polar surface area (TPSA) is 84.7 Å². The molecule has 0 spiro atoms. The molecule has 0 aromatic heterocycles. The van der Waals surface area contributed by atoms with Crippen LogP contribution in [0.5, 0.6) is 0 Å². The molecule has 3 rings (SSSR count). The van der Waals surface area contributed by atoms with E-state index in [0.29, 0.717) is 18.7 Å². The number of carbonyl (C=O) groups excluding carboxylic acids is 1. The number of amides is 1. The van der Waals surface area contributed by atoms with Gasteiger partial charge in [0.05, 0.1) is 17.8 Å². The molecule has 0 saturated heterocycles. The van der Waals surface area contributed by atoms with Crippen LogP contribution in [0.2, 0.25) is 0 Å². The molecule has 1 aliphatic heterocycles. The Balaban J connectivity index is 2.02. The summed E-state index contributed by atoms with van der Waals surface area (Å²) < 4.78 is 13.7. The molecule has 0 fully saturated rings. The molecule has 27 heavy (non-hydrogen) atoms. The summed E-state index contributed by atoms with van der Waals surface area (Å²) in [5.74, 6) is -1.42. The summed E-state index contributed by atoms with van der Waals surface area (Å²) in [6, 6.07) is 12.3. The van der Waals surface area contributed by atoms with Gasteiger partial charge in [0.1, 0.15) is 5.82 Å². The number of hydrogen-bond acceptors (Lipinski definition) is 4. The van der Waals surface area contributed by atoms with Crippen molar-refractivity contribution < 1.29 is 9.18 Å². The quantitative estimate of drug-likeness (QED) is 0.797. The lowest BCUT2D eigenvalue weighted by Crippen LogP contribution is -2.18. The van der Waals surface area contributed by atoms with Crippen molar-refractivity contribution in [3.63, 3.8) is 0 Å². The molecule has 0 aliphatic carbocycles. The first kappa shape index (κ1) is 18.8. The summed E-state index contributed by atoms with van der Waals surface area (Å²) in [4.78, 5) is 18.3. The molecule has 0 atom stereocenters. The Morgan fingerprint density at radius 1 is 1.19 bits per heavy atom. The lowest BCUT2D eigenvalue weighted by atomic mass is 9.97. The minimum Gasteiger partial charge on any atom is -0.401 e. The molecule has 1 aliphatic rings. The third-order valence-corrected chi connectivity index (χ3v) is 4.66. The predicted octanol–water partition coefficient (Wildman–Crippen LogP) is 2.38. The fourth-order valence-corrected chi connectivity index (χ4v) is 3.25. The molecule has 1 amide bonds. The van der Waals surface area contributed by atoms with Crippen molar-refractivity contribution in [1.29, 1.82) is 0 Å². The Kier molecular flexibility index (Phi) is 5.37. The molecule has 0 saturated carbocycles. The third-order valence-electron chi connectivity index (χ3n) is 4.66. The number of rotatable bonds is 5. The maximum absolute atomic E-state index is 13.7. The summed E-state index contributed by atoms with van der Waals surface area (Å²) in [6.07, 6.45) is 0. The molecule has 2 aromatic rings. The summed E-state index contributed by atoms with van der Waals surface area (Å²) in [6.45, 7) is 3.74. The standard InChI is InChI=1S/C21H23FN4O/c1-13-5-3-4-6-15(13)20(17-11-26(2)12-19(17)23)25-10-14-7-8-18(22)16(9-14)21(24)27/h3-9H,10-12,23H2,1-2H3,(H2,24,27). The fraction of sp³-hybridized carbons (Fsp3) is 0.238. The number of likely N-dealkylation sites (N-methyl/N-ethyl adjacent to an activating group) is 1. The number of primary amides is 1. The SMILES string of the molecule is Cc1ccccc1C(=NCc1ccc(F)c(C(N)=O)c1)C1=C(N)CN(C)C1. The van der Waals surface area contributed by atoms with E-state index in [1.165, 1.54) is 12.1 Å². The van der Waals surface area contributed by atoms with Crippen LogP contribution < -0.4 is 11.5 Å². The lowest BCUT2D eigenvalue weighted by molar-refractivity contribution is 0.0996. The van der Waals surface area contributed by atoms with Crippen LogP contribution >= 0.6 is 0 Å². The smallest absolute Gasteiger partial charge is 0.251 e. The fourth-order valence-electron chi connectivity index (χ4n) is 3.25. The largest absolute Gasteiger partial charge is 0.401 e. The molecular weight excluding hydrogens is 343 g/mol. The molecule has 0 unspecified atom stereocenters. The minimum atomic E-state index is -0.790. The van der Waals surface area contributed by atoms with Crippen molar-refractivity contribution in [2.24, 2.45) is 16.5 Å². The highest BCUT2D eigenvalue weighted by atomic mass is 19.1. The van der Waals surface area contributed by atoms with Crippen LogP contribution in [0.15, 0.2) is 58.7 Å². The first-order valence-corrected chi connectivity index (χ1v) is 8.72. The molecule has 0 radical (unpaired) electrons. The minimum absolute atomic E-state index is 0.125. The van der Waals surface area contributed by atoms with Gasteiger partial charge in [-0.15, -0.1) is 0 Å². The number of aliphatic imine (C=N–C) groups is 1. The molecule has 0 bridgehead atoms. The van der Waals surface area contributed by atoms with Crippen LogP contribution in [0.3, 0.4) is 0 Å². The van der Waals surface area contributed by atoms with E-state index in [1.807, 2.05) is 38.2 Å². The van der Waals surface area contributed by atoms with Crippen LogP contribution in [-0.2, 0) is 6.54 Å². The van der Waals surface area contributed by atoms with Gasteiger partial charge in [0.15, 0.2) is 0 Å². The van der Waals surface area contributed by atoms with Gasteiger partial charge in [-0.3, -0.25) is 14.7 Å². The lowest BCUT2D eigenvalue weighted by Gasteiger charge is -2.13. The van der Waals surface area contributed by atoms with Gasteiger partial charge < -0.3 is 11.5 Å². The highest BCUT2D eigenvalue weighted by Gasteiger charge is 2.23. The van der Waals surface area contributed by atoms with Crippen LogP contribution in [0.1, 0.15) is 27.0 Å². The summed E-state index contributed by atoms with van der Waals surface area (Å²) >= 11 is 0. The van der Waals surface area contributed by atoms with Crippen molar-refractivity contribution in [2.75, 3.05) is 20.1 Å². The van der Waals surface area contributed by atoms with Gasteiger partial charge in [-0.1, -0.05) is 30.3 Å². The van der Waals surface area contributed by atoms with E-state index >= 15 is 0 Å². The first-order chi connectivity index (χ1) is 12.9. The Hall–Kier alpha value is -2.99. The van der Waals surface area contributed by atoms with E-state index < -0.39 is 11.7 Å². The second-order valence-corrected chi connectivity index (χ2v) is 6.83. The van der Waals surface area contributed by atoms with E-state index in [1.54, 1.807) is 6.07 Å². The average Bonchev–Trinajstić information content (AvgIpc) is 2.96. The molecule has 4 N–H and O–H groups in total. The van der Waals surface area contributed by atoms with Crippen LogP contribution in [-0.4, -0.2) is 36.7 Å². The van der Waals surface area contributed by atoms with Gasteiger partial charge in [-0.25, -0.2) is 4.39 Å². The van der Waals surface area contributed by atoms with Crippen LogP contribution in [0.4, 0.5) is 4.39 Å². The number of halogens is 1. The molecule has 5 nitrogen and oxygen atoms in total. The van der Waals surface area contributed by atoms with Gasteiger partial charge in [0.25, 0.3) is 5.91 Å². The zero-order chi connectivity index (χ0) is 19.6. The summed E-state index contributed by atoms with van der Waals surface area (Å²) in [7, 11) is 2.01. The van der Waals surface area contributed by atoms with E-state index in [2.05, 4.69) is 4.90 Å². The second-order valence-electron chi connectivity index (χ2n) is 6.83. The Morgan fingerprint density at radius 2 is 1.93 bits per heavy atom. The third kappa shape index (κ3) is 4.06. The molecule has 6 heteroatoms. The summed E-state index contributed by atoms with van der Waals surface area (Å²) in [5, 5.41) is 0. The van der Waals surface area contributed by atoms with Gasteiger partial charge in [-0.05, 0) is 37.2 Å². The zero-order valence-electron chi connectivity index (χ0n) is 15.5. The van der Waals surface area contributed by atoms with Gasteiger partial charge in [0, 0.05) is 29.9 Å². The van der Waals surface area contributed by atoms with Crippen molar-refractivity contribution >= 4 is 11.6 Å². The highest BCUT2D eigenvalue weighted by Crippen LogP contribution is 2.22. The highest BCUT2D eigenvalue weighted by molar-refractivity contribution is 6.14. The first-order valence-electron chi connectivity index (χ1n) is 8.72. The van der Waals surface area contributed by atoms with Crippen molar-refractivity contribution in [1.82, 2.24) is 4.90 Å². The molecule has 1 heterocycles. The monoisotopic (exact) mass is 366 g/mol. The number of carbonyl (C=O) groups is 1. The summed E-state index contributed by atoms with van der Waals surface area (Å²) in [5.41, 5.74) is 16.8. The van der Waals surface area contributed by atoms with Crippen molar-refractivity contribution in [2.45, 2.75) is 13.5 Å². The van der Waals surface area contributed by atoms with Crippen molar-refractivity contribution in [3.05, 3.63) is 81.8 Å². The number of nitrogens with two attached hydrogens (primary N) is 2. The maximum atomic E-state index is 13.7. The van der Waals surface area contributed by atoms with Crippen LogP contribution in [0.25, 0.3) is 0 Å². The molecule has 2 aromatic carbocycles. The van der Waals surface area contributed by atoms with Gasteiger partial charge in [-0.2, -0.15) is 0 Å². The van der Waals surface area contributed by atoms with Gasteiger partial charge in [0.2, 0.25) is 0 Å². The molecule has 140 valence electrons. The number of aryl methyl sites for hydroxylation is 1. The van der Waals surface area contributed by atoms with E-state index in [0.717, 1.165) is 34.7 Å². The van der Waals surface area contributed by atoms with E-state index in [-0.39, 0.29) is 5.56 Å². The van der Waals surface area contributed by atoms with Crippen LogP contribution in [0, 0.1) is 12.7 Å². The maximum Gasteiger partial charge on any atom is 0.251 e. The predicted molar refractivity (Wildman–Crippen MR) is 105 cm³/mol. The van der Waals surface area contributed by atoms with Crippen molar-refractivity contribution in [3.8, 4) is 0 Å². The average molecular weight is 366 g/mol. The second kappa shape index (κ2) is 7.72. The van der Waals surface area contributed by atoms with Gasteiger partial charge >= 0.3 is 0 Å². The number of benzene rings is 2. The number of hydrogen-bond donors (Lipinski definition) is 2. The number of nitrogens with zero attached hydrogens (tertiary/aromatic N) is 2. The molecular formula is C21H23FN4O. The Bertz CT molecular complexity index is 949. The van der Waals surface area contributed by atoms with E-state index in [9.17, 15) is 9.18 Å². The normalized spacial score (nSPS) is 15.4. The Morgan fingerprint density at radius 3 is 2.56 bits per heavy atom. The Labute approximate surface area is 158 Å². The van der Waals surface area contributed by atoms with E-state index in [4.69, 9.17) is 16.5 Å².